The molecule has 34 heavy (non-hydrogen) atoms. The van der Waals surface area contributed by atoms with Gasteiger partial charge in [0.15, 0.2) is 17.0 Å². The molecule has 0 saturated heterocycles. The maximum atomic E-state index is 10.6. The third-order valence-corrected chi connectivity index (χ3v) is 6.01. The minimum atomic E-state index is -0.944. The van der Waals surface area contributed by atoms with Crippen molar-refractivity contribution in [3.8, 4) is 0 Å². The number of anilines is 3. The van der Waals surface area contributed by atoms with Crippen molar-refractivity contribution in [3.63, 3.8) is 0 Å². The van der Waals surface area contributed by atoms with Crippen LogP contribution in [-0.4, -0.2) is 36.3 Å². The first-order valence-corrected chi connectivity index (χ1v) is 11.7. The molecule has 0 spiro atoms. The number of benzene rings is 2. The SMILES string of the molecule is CCC(Nc1nc(NCc2cc(Cl)ccc2N)c2ncn(Cc3ccccc3)c2n1)C(C)(C)O. The van der Waals surface area contributed by atoms with Gasteiger partial charge in [0, 0.05) is 17.3 Å². The molecular weight excluding hydrogens is 450 g/mol. The second kappa shape index (κ2) is 9.87. The van der Waals surface area contributed by atoms with Gasteiger partial charge in [0.05, 0.1) is 24.5 Å². The first-order chi connectivity index (χ1) is 16.2. The minimum absolute atomic E-state index is 0.230. The molecule has 2 aromatic heterocycles. The fraction of sp³-hybridized carbons (Fsp3) is 0.320. The molecule has 0 radical (unpaired) electrons. The number of nitrogens with zero attached hydrogens (tertiary/aromatic N) is 4. The molecule has 5 N–H and O–H groups in total. The molecule has 8 nitrogen and oxygen atoms in total. The number of imidazole rings is 1. The number of hydrogen-bond acceptors (Lipinski definition) is 7. The first-order valence-electron chi connectivity index (χ1n) is 11.3. The molecule has 4 rings (SSSR count). The van der Waals surface area contributed by atoms with Gasteiger partial charge in [-0.1, -0.05) is 48.9 Å². The Morgan fingerprint density at radius 3 is 2.62 bits per heavy atom. The van der Waals surface area contributed by atoms with Crippen LogP contribution in [0.5, 0.6) is 0 Å². The lowest BCUT2D eigenvalue weighted by Gasteiger charge is -2.29. The van der Waals surface area contributed by atoms with Gasteiger partial charge in [0.25, 0.3) is 0 Å². The predicted octanol–water partition coefficient (Wildman–Crippen LogP) is 4.68. The van der Waals surface area contributed by atoms with E-state index in [0.29, 0.717) is 53.2 Å². The third kappa shape index (κ3) is 5.40. The highest BCUT2D eigenvalue weighted by atomic mass is 35.5. The van der Waals surface area contributed by atoms with E-state index in [1.165, 1.54) is 0 Å². The number of hydrogen-bond donors (Lipinski definition) is 4. The van der Waals surface area contributed by atoms with E-state index in [1.54, 1.807) is 32.3 Å². The molecule has 0 aliphatic carbocycles. The molecule has 2 heterocycles. The average molecular weight is 480 g/mol. The van der Waals surface area contributed by atoms with Crippen molar-refractivity contribution in [3.05, 3.63) is 71.0 Å². The molecule has 9 heteroatoms. The fourth-order valence-electron chi connectivity index (χ4n) is 3.87. The van der Waals surface area contributed by atoms with Crippen LogP contribution in [0.4, 0.5) is 17.5 Å². The zero-order valence-corrected chi connectivity index (χ0v) is 20.3. The highest BCUT2D eigenvalue weighted by Gasteiger charge is 2.26. The summed E-state index contributed by atoms with van der Waals surface area (Å²) in [7, 11) is 0. The van der Waals surface area contributed by atoms with Crippen molar-refractivity contribution in [2.75, 3.05) is 16.4 Å². The number of aromatic nitrogens is 4. The Kier molecular flexibility index (Phi) is 6.90. The molecule has 0 bridgehead atoms. The molecule has 178 valence electrons. The topological polar surface area (TPSA) is 114 Å². The normalized spacial score (nSPS) is 12.6. The van der Waals surface area contributed by atoms with Crippen molar-refractivity contribution in [1.82, 2.24) is 19.5 Å². The lowest BCUT2D eigenvalue weighted by atomic mass is 9.97. The highest BCUT2D eigenvalue weighted by molar-refractivity contribution is 6.30. The fourth-order valence-corrected chi connectivity index (χ4v) is 4.06. The summed E-state index contributed by atoms with van der Waals surface area (Å²) in [5.41, 5.74) is 9.16. The molecule has 0 saturated carbocycles. The van der Waals surface area contributed by atoms with Gasteiger partial charge in [0.1, 0.15) is 0 Å². The predicted molar refractivity (Wildman–Crippen MR) is 138 cm³/mol. The second-order valence-electron chi connectivity index (χ2n) is 8.88. The second-order valence-corrected chi connectivity index (χ2v) is 9.32. The summed E-state index contributed by atoms with van der Waals surface area (Å²) in [6.45, 7) is 6.60. The summed E-state index contributed by atoms with van der Waals surface area (Å²) in [5, 5.41) is 17.8. The van der Waals surface area contributed by atoms with E-state index < -0.39 is 5.60 Å². The molecule has 0 aliphatic rings. The van der Waals surface area contributed by atoms with Gasteiger partial charge in [-0.15, -0.1) is 0 Å². The van der Waals surface area contributed by atoms with Crippen molar-refractivity contribution >= 4 is 40.2 Å². The van der Waals surface area contributed by atoms with Crippen LogP contribution in [0.25, 0.3) is 11.2 Å². The molecule has 2 aromatic carbocycles. The van der Waals surface area contributed by atoms with E-state index in [2.05, 4.69) is 27.8 Å². The summed E-state index contributed by atoms with van der Waals surface area (Å²) in [6, 6.07) is 15.3. The molecule has 4 aromatic rings. The average Bonchev–Trinajstić information content (AvgIpc) is 3.20. The van der Waals surface area contributed by atoms with Gasteiger partial charge in [-0.05, 0) is 49.6 Å². The third-order valence-electron chi connectivity index (χ3n) is 5.78. The van der Waals surface area contributed by atoms with Crippen molar-refractivity contribution < 1.29 is 5.11 Å². The Hall–Kier alpha value is -3.36. The van der Waals surface area contributed by atoms with Crippen LogP contribution >= 0.6 is 11.6 Å². The van der Waals surface area contributed by atoms with E-state index in [4.69, 9.17) is 27.3 Å². The standard InChI is InChI=1S/C25H30ClN7O/c1-4-20(25(2,3)34)30-24-31-22(28-13-17-12-18(26)10-11-19(17)27)21-23(32-24)33(15-29-21)14-16-8-6-5-7-9-16/h5-12,15,20,34H,4,13-14,27H2,1-3H3,(H2,28,30,31,32). The van der Waals surface area contributed by atoms with Crippen LogP contribution in [0.15, 0.2) is 54.9 Å². The Bertz CT molecular complexity index is 1270. The molecule has 0 aliphatic heterocycles. The van der Waals surface area contributed by atoms with Crippen molar-refractivity contribution in [2.45, 2.75) is 51.9 Å². The molecule has 0 amide bonds. The number of fused-ring (bicyclic) bond motifs is 1. The van der Waals surface area contributed by atoms with Crippen LogP contribution in [0.1, 0.15) is 38.3 Å². The molecular formula is C25H30ClN7O. The zero-order chi connectivity index (χ0) is 24.3. The first kappa shape index (κ1) is 23.8. The van der Waals surface area contributed by atoms with Crippen molar-refractivity contribution in [1.29, 1.82) is 0 Å². The Morgan fingerprint density at radius 1 is 1.15 bits per heavy atom. The van der Waals surface area contributed by atoms with E-state index in [-0.39, 0.29) is 6.04 Å². The van der Waals surface area contributed by atoms with Gasteiger partial charge in [-0.25, -0.2) is 4.98 Å². The number of aliphatic hydroxyl groups is 1. The monoisotopic (exact) mass is 479 g/mol. The Labute approximate surface area is 204 Å². The van der Waals surface area contributed by atoms with E-state index in [1.807, 2.05) is 35.8 Å². The number of halogens is 1. The minimum Gasteiger partial charge on any atom is -0.398 e. The Morgan fingerprint density at radius 2 is 1.91 bits per heavy atom. The van der Waals surface area contributed by atoms with Gasteiger partial charge in [-0.3, -0.25) is 0 Å². The molecule has 1 atom stereocenters. The summed E-state index contributed by atoms with van der Waals surface area (Å²) in [6.07, 6.45) is 2.47. The molecule has 0 fully saturated rings. The lowest BCUT2D eigenvalue weighted by molar-refractivity contribution is 0.0577. The maximum absolute atomic E-state index is 10.6. The number of nitrogen functional groups attached to an aromatic ring is 1. The maximum Gasteiger partial charge on any atom is 0.227 e. The van der Waals surface area contributed by atoms with Gasteiger partial charge < -0.3 is 26.0 Å². The highest BCUT2D eigenvalue weighted by Crippen LogP contribution is 2.26. The zero-order valence-electron chi connectivity index (χ0n) is 19.6. The summed E-state index contributed by atoms with van der Waals surface area (Å²) < 4.78 is 1.99. The molecule has 1 unspecified atom stereocenters. The van der Waals surface area contributed by atoms with Crippen LogP contribution in [0.3, 0.4) is 0 Å². The summed E-state index contributed by atoms with van der Waals surface area (Å²) >= 11 is 6.16. The quantitative estimate of drug-likeness (QED) is 0.257. The Balaban J connectivity index is 1.72. The van der Waals surface area contributed by atoms with E-state index >= 15 is 0 Å². The van der Waals surface area contributed by atoms with Crippen LogP contribution in [-0.2, 0) is 13.1 Å². The van der Waals surface area contributed by atoms with Crippen LogP contribution in [0, 0.1) is 0 Å². The van der Waals surface area contributed by atoms with Crippen molar-refractivity contribution in [2.24, 2.45) is 0 Å². The van der Waals surface area contributed by atoms with Gasteiger partial charge in [0.2, 0.25) is 5.95 Å². The summed E-state index contributed by atoms with van der Waals surface area (Å²) in [5.74, 6) is 0.988. The van der Waals surface area contributed by atoms with Crippen LogP contribution < -0.4 is 16.4 Å². The smallest absolute Gasteiger partial charge is 0.227 e. The largest absolute Gasteiger partial charge is 0.398 e. The number of rotatable bonds is 9. The lowest BCUT2D eigenvalue weighted by Crippen LogP contribution is -2.41. The summed E-state index contributed by atoms with van der Waals surface area (Å²) in [4.78, 5) is 14.1. The van der Waals surface area contributed by atoms with E-state index in [9.17, 15) is 5.11 Å². The van der Waals surface area contributed by atoms with Crippen LogP contribution in [0.2, 0.25) is 5.02 Å². The van der Waals surface area contributed by atoms with Gasteiger partial charge in [-0.2, -0.15) is 9.97 Å². The number of nitrogens with two attached hydrogens (primary N) is 1. The number of nitrogens with one attached hydrogen (secondary N) is 2. The van der Waals surface area contributed by atoms with E-state index in [0.717, 1.165) is 11.1 Å². The van der Waals surface area contributed by atoms with Gasteiger partial charge >= 0.3 is 0 Å².